The van der Waals surface area contributed by atoms with Gasteiger partial charge in [-0.25, -0.2) is 0 Å². The third kappa shape index (κ3) is 2.05. The Balaban J connectivity index is 2.70. The van der Waals surface area contributed by atoms with E-state index in [9.17, 15) is 8.42 Å². The van der Waals surface area contributed by atoms with Crippen molar-refractivity contribution in [3.05, 3.63) is 42.5 Å². The molecule has 0 heterocycles. The quantitative estimate of drug-likeness (QED) is 0.517. The normalized spacial score (nSPS) is 11.8. The van der Waals surface area contributed by atoms with Gasteiger partial charge < -0.3 is 0 Å². The Morgan fingerprint density at radius 1 is 1.06 bits per heavy atom. The summed E-state index contributed by atoms with van der Waals surface area (Å²) in [4.78, 5) is 3.12. The molecule has 16 heavy (non-hydrogen) atoms. The van der Waals surface area contributed by atoms with Crippen molar-refractivity contribution in [3.8, 4) is 0 Å². The average molecular weight is 254 g/mol. The van der Waals surface area contributed by atoms with Gasteiger partial charge in [-0.2, -0.15) is 8.42 Å². The van der Waals surface area contributed by atoms with Gasteiger partial charge in [-0.05, 0) is 11.5 Å². The highest BCUT2D eigenvalue weighted by Crippen LogP contribution is 2.22. The molecule has 0 fully saturated rings. The topological polar surface area (TPSA) is 57.5 Å². The van der Waals surface area contributed by atoms with Crippen LogP contribution >= 0.6 is 12.9 Å². The van der Waals surface area contributed by atoms with Crippen molar-refractivity contribution in [2.45, 2.75) is 4.90 Å². The van der Waals surface area contributed by atoms with E-state index >= 15 is 0 Å². The Morgan fingerprint density at radius 2 is 1.75 bits per heavy atom. The summed E-state index contributed by atoms with van der Waals surface area (Å²) in [6, 6.07) is 12.1. The van der Waals surface area contributed by atoms with Gasteiger partial charge in [-0.1, -0.05) is 36.4 Å². The predicted molar refractivity (Wildman–Crippen MR) is 63.3 cm³/mol. The molecule has 0 N–H and O–H groups in total. The van der Waals surface area contributed by atoms with Gasteiger partial charge in [-0.3, -0.25) is 0 Å². The first-order chi connectivity index (χ1) is 7.65. The third-order valence-corrected chi connectivity index (χ3v) is 3.53. The van der Waals surface area contributed by atoms with Crippen LogP contribution in [-0.4, -0.2) is 8.42 Å². The summed E-state index contributed by atoms with van der Waals surface area (Å²) in [7, 11) is -3.81. The van der Waals surface area contributed by atoms with E-state index in [1.54, 1.807) is 18.2 Å². The van der Waals surface area contributed by atoms with Gasteiger partial charge in [0.1, 0.15) is 4.90 Å². The maximum Gasteiger partial charge on any atom is 0.475 e. The van der Waals surface area contributed by atoms with E-state index < -0.39 is 10.0 Å². The molecular formula is C10H8NO3S2+. The van der Waals surface area contributed by atoms with E-state index in [-0.39, 0.29) is 4.90 Å². The van der Waals surface area contributed by atoms with Crippen LogP contribution in [-0.2, 0) is 14.3 Å². The molecule has 0 aliphatic heterocycles. The predicted octanol–water partition coefficient (Wildman–Crippen LogP) is 1.91. The minimum absolute atomic E-state index is 0.111. The standard InChI is InChI=1S/C10H8NO3S2/c12-16(13,11-14-15)10-7-3-5-8-4-1-2-6-9(8)10/h1-7,15H/q+1. The molecule has 0 atom stereocenters. The Morgan fingerprint density at radius 3 is 2.50 bits per heavy atom. The molecule has 0 aliphatic carbocycles. The van der Waals surface area contributed by atoms with Gasteiger partial charge in [0.05, 0.1) is 12.9 Å². The van der Waals surface area contributed by atoms with E-state index in [0.717, 1.165) is 5.39 Å². The summed E-state index contributed by atoms with van der Waals surface area (Å²) >= 11 is 3.31. The van der Waals surface area contributed by atoms with Crippen LogP contribution in [0.1, 0.15) is 0 Å². The second-order valence-corrected chi connectivity index (χ2v) is 4.81. The Kier molecular flexibility index (Phi) is 3.15. The van der Waals surface area contributed by atoms with Crippen molar-refractivity contribution in [1.82, 2.24) is 4.89 Å². The Hall–Kier alpha value is -1.08. The first kappa shape index (κ1) is 11.4. The van der Waals surface area contributed by atoms with Crippen molar-refractivity contribution in [2.24, 2.45) is 0 Å². The Labute approximate surface area is 98.9 Å². The summed E-state index contributed by atoms with van der Waals surface area (Å²) in [6.45, 7) is 0. The highest BCUT2D eigenvalue weighted by Gasteiger charge is 2.33. The molecule has 2 rings (SSSR count). The van der Waals surface area contributed by atoms with Crippen molar-refractivity contribution in [1.29, 1.82) is 0 Å². The number of thiol groups is 1. The number of sulfonamides is 1. The number of fused-ring (bicyclic) bond motifs is 1. The van der Waals surface area contributed by atoms with Gasteiger partial charge in [0.15, 0.2) is 0 Å². The summed E-state index contributed by atoms with van der Waals surface area (Å²) in [6.07, 6.45) is 0. The van der Waals surface area contributed by atoms with Crippen molar-refractivity contribution >= 4 is 33.7 Å². The molecule has 0 saturated heterocycles. The summed E-state index contributed by atoms with van der Waals surface area (Å²) < 4.78 is 27.5. The lowest BCUT2D eigenvalue weighted by atomic mass is 10.1. The number of hydrogen-bond donors (Lipinski definition) is 1. The molecule has 0 amide bonds. The molecular weight excluding hydrogens is 246 g/mol. The molecule has 4 nitrogen and oxygen atoms in total. The molecule has 2 radical (unpaired) electrons. The van der Waals surface area contributed by atoms with Crippen LogP contribution in [0.5, 0.6) is 0 Å². The first-order valence-electron chi connectivity index (χ1n) is 4.41. The number of benzene rings is 2. The Bertz CT molecular complexity index is 605. The van der Waals surface area contributed by atoms with Crippen LogP contribution in [0.4, 0.5) is 0 Å². The van der Waals surface area contributed by atoms with Crippen LogP contribution < -0.4 is 4.89 Å². The fraction of sp³-hybridized carbons (Fsp3) is 0. The van der Waals surface area contributed by atoms with Crippen LogP contribution in [0.15, 0.2) is 47.4 Å². The minimum atomic E-state index is -3.81. The number of hydrogen-bond acceptors (Lipinski definition) is 4. The SMILES string of the molecule is O=S(=O)([N+]OS)c1cccc2ccccc12. The van der Waals surface area contributed by atoms with E-state index in [2.05, 4.69) is 22.1 Å². The van der Waals surface area contributed by atoms with Crippen molar-refractivity contribution < 1.29 is 12.7 Å². The maximum absolute atomic E-state index is 11.7. The number of rotatable bonds is 3. The maximum atomic E-state index is 11.7. The van der Waals surface area contributed by atoms with Gasteiger partial charge in [-0.15, -0.1) is 0 Å². The molecule has 0 bridgehead atoms. The average Bonchev–Trinajstić information content (AvgIpc) is 2.28. The van der Waals surface area contributed by atoms with Crippen molar-refractivity contribution in [3.63, 3.8) is 0 Å². The molecule has 6 heteroatoms. The number of nitrogens with zero attached hydrogens (tertiary/aromatic N) is 1. The van der Waals surface area contributed by atoms with E-state index in [0.29, 0.717) is 5.39 Å². The first-order valence-corrected chi connectivity index (χ1v) is 6.21. The highest BCUT2D eigenvalue weighted by molar-refractivity contribution is 7.90. The largest absolute Gasteiger partial charge is 0.475 e. The lowest BCUT2D eigenvalue weighted by molar-refractivity contribution is 0.318. The van der Waals surface area contributed by atoms with Crippen LogP contribution in [0.3, 0.4) is 0 Å². The second kappa shape index (κ2) is 4.42. The molecule has 0 aliphatic rings. The van der Waals surface area contributed by atoms with Crippen molar-refractivity contribution in [2.75, 3.05) is 0 Å². The lowest BCUT2D eigenvalue weighted by Gasteiger charge is -1.98. The summed E-state index contributed by atoms with van der Waals surface area (Å²) in [5.41, 5.74) is 0. The van der Waals surface area contributed by atoms with Crippen LogP contribution in [0.2, 0.25) is 0 Å². The zero-order valence-corrected chi connectivity index (χ0v) is 9.78. The smallest absolute Gasteiger partial charge is 0.154 e. The fourth-order valence-electron chi connectivity index (χ4n) is 1.50. The molecule has 0 spiro atoms. The zero-order valence-electron chi connectivity index (χ0n) is 8.07. The van der Waals surface area contributed by atoms with E-state index in [1.807, 2.05) is 18.2 Å². The van der Waals surface area contributed by atoms with Gasteiger partial charge in [0, 0.05) is 9.67 Å². The van der Waals surface area contributed by atoms with Gasteiger partial charge in [0.25, 0.3) is 0 Å². The van der Waals surface area contributed by atoms with Gasteiger partial charge in [0.2, 0.25) is 0 Å². The molecule has 0 saturated carbocycles. The molecule has 2 aromatic carbocycles. The van der Waals surface area contributed by atoms with E-state index in [1.165, 1.54) is 6.07 Å². The lowest BCUT2D eigenvalue weighted by Crippen LogP contribution is -2.13. The summed E-state index contributed by atoms with van der Waals surface area (Å²) in [5, 5.41) is 1.44. The van der Waals surface area contributed by atoms with E-state index in [4.69, 9.17) is 0 Å². The molecule has 82 valence electrons. The molecule has 2 aromatic rings. The van der Waals surface area contributed by atoms with Crippen LogP contribution in [0.25, 0.3) is 10.8 Å². The summed E-state index contributed by atoms with van der Waals surface area (Å²) in [5.74, 6) is 0. The fourth-order valence-corrected chi connectivity index (χ4v) is 2.65. The highest BCUT2D eigenvalue weighted by atomic mass is 32.2. The zero-order chi connectivity index (χ0) is 11.6. The molecule has 0 aromatic heterocycles. The van der Waals surface area contributed by atoms with Crippen LogP contribution in [0, 0.1) is 0 Å². The molecule has 0 unspecified atom stereocenters. The van der Waals surface area contributed by atoms with Gasteiger partial charge >= 0.3 is 14.9 Å². The third-order valence-electron chi connectivity index (χ3n) is 2.16. The minimum Gasteiger partial charge on any atom is -0.154 e. The monoisotopic (exact) mass is 254 g/mol. The second-order valence-electron chi connectivity index (χ2n) is 3.11.